The van der Waals surface area contributed by atoms with Gasteiger partial charge in [0.15, 0.2) is 0 Å². The van der Waals surface area contributed by atoms with Crippen molar-refractivity contribution in [2.45, 2.75) is 13.0 Å². The molecule has 1 aliphatic heterocycles. The second kappa shape index (κ2) is 7.65. The molecule has 1 aromatic carbocycles. The minimum absolute atomic E-state index is 0.0541. The molecule has 0 saturated heterocycles. The maximum absolute atomic E-state index is 12.3. The van der Waals surface area contributed by atoms with Crippen LogP contribution in [0.2, 0.25) is 0 Å². The number of methoxy groups -OCH3 is 1. The molecule has 0 spiro atoms. The highest BCUT2D eigenvalue weighted by Gasteiger charge is 2.24. The summed E-state index contributed by atoms with van der Waals surface area (Å²) in [7, 11) is 1.54. The first-order valence-electron chi connectivity index (χ1n) is 7.95. The van der Waals surface area contributed by atoms with Crippen LogP contribution >= 0.6 is 0 Å². The SMILES string of the molecule is COc1cc(CNC(=O)CN2C(=O)CCOc3ccccc32)ccn1. The van der Waals surface area contributed by atoms with Crippen molar-refractivity contribution in [3.8, 4) is 11.6 Å². The van der Waals surface area contributed by atoms with Gasteiger partial charge in [0.2, 0.25) is 17.7 Å². The Kier molecular flexibility index (Phi) is 5.13. The molecule has 0 radical (unpaired) electrons. The lowest BCUT2D eigenvalue weighted by molar-refractivity contribution is -0.124. The third-order valence-corrected chi connectivity index (χ3v) is 3.83. The molecule has 0 atom stereocenters. The predicted molar refractivity (Wildman–Crippen MR) is 91.5 cm³/mol. The van der Waals surface area contributed by atoms with E-state index < -0.39 is 0 Å². The molecule has 1 aliphatic rings. The summed E-state index contributed by atoms with van der Waals surface area (Å²) in [5.74, 6) is 0.715. The van der Waals surface area contributed by atoms with E-state index in [2.05, 4.69) is 10.3 Å². The zero-order valence-corrected chi connectivity index (χ0v) is 13.9. The Bertz CT molecular complexity index is 778. The topological polar surface area (TPSA) is 80.8 Å². The number of hydrogen-bond acceptors (Lipinski definition) is 5. The molecular formula is C18H19N3O4. The van der Waals surface area contributed by atoms with Crippen LogP contribution in [-0.4, -0.2) is 37.1 Å². The van der Waals surface area contributed by atoms with E-state index in [0.717, 1.165) is 5.56 Å². The van der Waals surface area contributed by atoms with Gasteiger partial charge < -0.3 is 14.8 Å². The number of hydrogen-bond donors (Lipinski definition) is 1. The number of amides is 2. The van der Waals surface area contributed by atoms with Gasteiger partial charge in [-0.05, 0) is 23.8 Å². The molecule has 0 saturated carbocycles. The fourth-order valence-corrected chi connectivity index (χ4v) is 2.57. The summed E-state index contributed by atoms with van der Waals surface area (Å²) in [5.41, 5.74) is 1.48. The third kappa shape index (κ3) is 4.06. The Morgan fingerprint density at radius 3 is 3.04 bits per heavy atom. The number of pyridine rings is 1. The van der Waals surface area contributed by atoms with Gasteiger partial charge >= 0.3 is 0 Å². The number of nitrogens with zero attached hydrogens (tertiary/aromatic N) is 2. The number of anilines is 1. The third-order valence-electron chi connectivity index (χ3n) is 3.83. The largest absolute Gasteiger partial charge is 0.491 e. The molecule has 0 fully saturated rings. The van der Waals surface area contributed by atoms with Crippen molar-refractivity contribution in [1.29, 1.82) is 0 Å². The molecule has 25 heavy (non-hydrogen) atoms. The molecule has 0 bridgehead atoms. The van der Waals surface area contributed by atoms with Crippen molar-refractivity contribution in [1.82, 2.24) is 10.3 Å². The van der Waals surface area contributed by atoms with Gasteiger partial charge in [0.05, 0.1) is 25.8 Å². The number of carbonyl (C=O) groups is 2. The van der Waals surface area contributed by atoms with E-state index in [9.17, 15) is 9.59 Å². The Labute approximate surface area is 145 Å². The molecule has 2 heterocycles. The Morgan fingerprint density at radius 1 is 1.36 bits per heavy atom. The Morgan fingerprint density at radius 2 is 2.20 bits per heavy atom. The molecule has 0 unspecified atom stereocenters. The van der Waals surface area contributed by atoms with E-state index in [-0.39, 0.29) is 24.8 Å². The van der Waals surface area contributed by atoms with Crippen molar-refractivity contribution >= 4 is 17.5 Å². The van der Waals surface area contributed by atoms with E-state index in [1.165, 1.54) is 12.0 Å². The lowest BCUT2D eigenvalue weighted by Crippen LogP contribution is -2.40. The molecule has 7 nitrogen and oxygen atoms in total. The summed E-state index contributed by atoms with van der Waals surface area (Å²) in [6, 6.07) is 10.8. The van der Waals surface area contributed by atoms with Crippen LogP contribution in [0, 0.1) is 0 Å². The van der Waals surface area contributed by atoms with Crippen LogP contribution in [-0.2, 0) is 16.1 Å². The zero-order valence-electron chi connectivity index (χ0n) is 13.9. The zero-order chi connectivity index (χ0) is 17.6. The van der Waals surface area contributed by atoms with Crippen LogP contribution in [0.4, 0.5) is 5.69 Å². The van der Waals surface area contributed by atoms with Crippen LogP contribution < -0.4 is 19.7 Å². The van der Waals surface area contributed by atoms with Crippen LogP contribution in [0.15, 0.2) is 42.6 Å². The lowest BCUT2D eigenvalue weighted by Gasteiger charge is -2.21. The van der Waals surface area contributed by atoms with Gasteiger partial charge in [-0.25, -0.2) is 4.98 Å². The number of para-hydroxylation sites is 2. The predicted octanol–water partition coefficient (Wildman–Crippen LogP) is 1.52. The fourth-order valence-electron chi connectivity index (χ4n) is 2.57. The number of fused-ring (bicyclic) bond motifs is 1. The highest BCUT2D eigenvalue weighted by Crippen LogP contribution is 2.30. The van der Waals surface area contributed by atoms with Gasteiger partial charge in [0.1, 0.15) is 12.3 Å². The smallest absolute Gasteiger partial charge is 0.240 e. The van der Waals surface area contributed by atoms with Crippen molar-refractivity contribution in [3.05, 3.63) is 48.2 Å². The van der Waals surface area contributed by atoms with Crippen molar-refractivity contribution in [2.75, 3.05) is 25.2 Å². The lowest BCUT2D eigenvalue weighted by atomic mass is 10.2. The average molecular weight is 341 g/mol. The highest BCUT2D eigenvalue weighted by molar-refractivity contribution is 6.00. The molecule has 0 aliphatic carbocycles. The monoisotopic (exact) mass is 341 g/mol. The first-order valence-corrected chi connectivity index (χ1v) is 7.95. The summed E-state index contributed by atoms with van der Waals surface area (Å²) in [6.45, 7) is 0.587. The standard InChI is InChI=1S/C18H19N3O4/c1-24-17-10-13(6-8-19-17)11-20-16(22)12-21-14-4-2-3-5-15(14)25-9-7-18(21)23/h2-6,8,10H,7,9,11-12H2,1H3,(H,20,22). The van der Waals surface area contributed by atoms with E-state index in [1.54, 1.807) is 30.5 Å². The van der Waals surface area contributed by atoms with Crippen LogP contribution in [0.5, 0.6) is 11.6 Å². The second-order valence-corrected chi connectivity index (χ2v) is 5.53. The summed E-state index contributed by atoms with van der Waals surface area (Å²) < 4.78 is 10.6. The minimum atomic E-state index is -0.249. The highest BCUT2D eigenvalue weighted by atomic mass is 16.5. The number of rotatable bonds is 5. The molecule has 1 N–H and O–H groups in total. The molecule has 7 heteroatoms. The van der Waals surface area contributed by atoms with Gasteiger partial charge in [0, 0.05) is 18.8 Å². The quantitative estimate of drug-likeness (QED) is 0.892. The molecule has 3 rings (SSSR count). The first-order chi connectivity index (χ1) is 12.2. The summed E-state index contributed by atoms with van der Waals surface area (Å²) >= 11 is 0. The maximum atomic E-state index is 12.3. The van der Waals surface area contributed by atoms with E-state index in [4.69, 9.17) is 9.47 Å². The number of ether oxygens (including phenoxy) is 2. The van der Waals surface area contributed by atoms with Gasteiger partial charge in [-0.2, -0.15) is 0 Å². The molecule has 130 valence electrons. The normalized spacial score (nSPS) is 13.5. The minimum Gasteiger partial charge on any atom is -0.491 e. The molecule has 1 aromatic heterocycles. The summed E-state index contributed by atoms with van der Waals surface area (Å²) in [5, 5.41) is 2.81. The van der Waals surface area contributed by atoms with Crippen LogP contribution in [0.25, 0.3) is 0 Å². The fraction of sp³-hybridized carbons (Fsp3) is 0.278. The Balaban J connectivity index is 1.66. The first kappa shape index (κ1) is 16.8. The average Bonchev–Trinajstić information content (AvgIpc) is 2.79. The number of nitrogens with one attached hydrogen (secondary N) is 1. The summed E-state index contributed by atoms with van der Waals surface area (Å²) in [4.78, 5) is 30.1. The van der Waals surface area contributed by atoms with Gasteiger partial charge in [-0.3, -0.25) is 14.5 Å². The number of aromatic nitrogens is 1. The summed E-state index contributed by atoms with van der Waals surface area (Å²) in [6.07, 6.45) is 1.86. The Hall–Kier alpha value is -3.09. The molecule has 2 amide bonds. The van der Waals surface area contributed by atoms with Gasteiger partial charge in [-0.1, -0.05) is 12.1 Å². The van der Waals surface area contributed by atoms with Crippen molar-refractivity contribution in [2.24, 2.45) is 0 Å². The number of benzene rings is 1. The van der Waals surface area contributed by atoms with E-state index in [1.807, 2.05) is 12.1 Å². The van der Waals surface area contributed by atoms with E-state index in [0.29, 0.717) is 30.5 Å². The van der Waals surface area contributed by atoms with Crippen molar-refractivity contribution in [3.63, 3.8) is 0 Å². The maximum Gasteiger partial charge on any atom is 0.240 e. The number of carbonyl (C=O) groups excluding carboxylic acids is 2. The van der Waals surface area contributed by atoms with E-state index >= 15 is 0 Å². The molecule has 2 aromatic rings. The van der Waals surface area contributed by atoms with Gasteiger partial charge in [0.25, 0.3) is 0 Å². The van der Waals surface area contributed by atoms with Crippen LogP contribution in [0.3, 0.4) is 0 Å². The molecular weight excluding hydrogens is 322 g/mol. The second-order valence-electron chi connectivity index (χ2n) is 5.53. The van der Waals surface area contributed by atoms with Crippen molar-refractivity contribution < 1.29 is 19.1 Å². The van der Waals surface area contributed by atoms with Crippen LogP contribution in [0.1, 0.15) is 12.0 Å². The van der Waals surface area contributed by atoms with Gasteiger partial charge in [-0.15, -0.1) is 0 Å².